The highest BCUT2D eigenvalue weighted by Crippen LogP contribution is 2.19. The van der Waals surface area contributed by atoms with Crippen molar-refractivity contribution in [2.24, 2.45) is 5.92 Å². The molecule has 5 heteroatoms. The van der Waals surface area contributed by atoms with E-state index in [1.807, 2.05) is 7.05 Å². The van der Waals surface area contributed by atoms with Crippen LogP contribution in [0.3, 0.4) is 0 Å². The molecule has 19 heavy (non-hydrogen) atoms. The molecule has 2 rings (SSSR count). The summed E-state index contributed by atoms with van der Waals surface area (Å²) in [5.41, 5.74) is 0.460. The van der Waals surface area contributed by atoms with E-state index in [0.29, 0.717) is 18.0 Å². The van der Waals surface area contributed by atoms with Gasteiger partial charge in [0, 0.05) is 12.1 Å². The summed E-state index contributed by atoms with van der Waals surface area (Å²) in [7, 11) is 1.97. The molecule has 0 spiro atoms. The third kappa shape index (κ3) is 4.71. The molecule has 0 bridgehead atoms. The highest BCUT2D eigenvalue weighted by atomic mass is 35.5. The van der Waals surface area contributed by atoms with Gasteiger partial charge in [0.25, 0.3) is 0 Å². The van der Waals surface area contributed by atoms with Gasteiger partial charge in [0.2, 0.25) is 0 Å². The Labute approximate surface area is 119 Å². The van der Waals surface area contributed by atoms with Crippen molar-refractivity contribution in [1.29, 1.82) is 0 Å². The van der Waals surface area contributed by atoms with E-state index < -0.39 is 0 Å². The van der Waals surface area contributed by atoms with Crippen molar-refractivity contribution in [2.45, 2.75) is 19.4 Å². The first kappa shape index (κ1) is 16.3. The van der Waals surface area contributed by atoms with E-state index in [2.05, 4.69) is 10.2 Å². The van der Waals surface area contributed by atoms with Crippen molar-refractivity contribution >= 4 is 12.4 Å². The number of nitrogens with one attached hydrogen (secondary N) is 1. The van der Waals surface area contributed by atoms with E-state index >= 15 is 0 Å². The van der Waals surface area contributed by atoms with E-state index in [1.54, 1.807) is 0 Å². The first-order chi connectivity index (χ1) is 8.69. The number of likely N-dealkylation sites (tertiary alicyclic amines) is 1. The van der Waals surface area contributed by atoms with E-state index in [0.717, 1.165) is 38.5 Å². The van der Waals surface area contributed by atoms with Crippen LogP contribution in [0.2, 0.25) is 0 Å². The Bertz CT molecular complexity index is 393. The summed E-state index contributed by atoms with van der Waals surface area (Å²) < 4.78 is 26.6. The first-order valence-electron chi connectivity index (χ1n) is 6.50. The molecule has 2 nitrogen and oxygen atoms in total. The molecular weight excluding hydrogens is 270 g/mol. The maximum Gasteiger partial charge on any atom is 0.127 e. The molecule has 0 saturated carbocycles. The molecule has 108 valence electrons. The van der Waals surface area contributed by atoms with Gasteiger partial charge in [0.05, 0.1) is 0 Å². The Morgan fingerprint density at radius 1 is 1.26 bits per heavy atom. The second kappa shape index (κ2) is 7.78. The SMILES string of the molecule is CNCC1CCN(Cc2cc(F)ccc2F)CC1.Cl. The number of rotatable bonds is 4. The standard InChI is InChI=1S/C14H20F2N2.ClH/c1-17-9-11-4-6-18(7-5-11)10-12-8-13(15)2-3-14(12)16;/h2-3,8,11,17H,4-7,9-10H2,1H3;1H. The Morgan fingerprint density at radius 3 is 2.58 bits per heavy atom. The van der Waals surface area contributed by atoms with Crippen LogP contribution >= 0.6 is 12.4 Å². The topological polar surface area (TPSA) is 15.3 Å². The zero-order chi connectivity index (χ0) is 13.0. The van der Waals surface area contributed by atoms with Crippen LogP contribution in [-0.4, -0.2) is 31.6 Å². The highest BCUT2D eigenvalue weighted by Gasteiger charge is 2.19. The van der Waals surface area contributed by atoms with Gasteiger partial charge < -0.3 is 5.32 Å². The lowest BCUT2D eigenvalue weighted by Gasteiger charge is -2.31. The Balaban J connectivity index is 0.00000180. The maximum atomic E-state index is 13.5. The predicted octanol–water partition coefficient (Wildman–Crippen LogP) is 2.82. The fourth-order valence-electron chi connectivity index (χ4n) is 2.54. The summed E-state index contributed by atoms with van der Waals surface area (Å²) in [5, 5.41) is 3.19. The zero-order valence-corrected chi connectivity index (χ0v) is 12.0. The summed E-state index contributed by atoms with van der Waals surface area (Å²) in [6.45, 7) is 3.47. The lowest BCUT2D eigenvalue weighted by molar-refractivity contribution is 0.175. The van der Waals surface area contributed by atoms with Gasteiger partial charge in [0.15, 0.2) is 0 Å². The minimum Gasteiger partial charge on any atom is -0.319 e. The molecule has 0 unspecified atom stereocenters. The van der Waals surface area contributed by atoms with Gasteiger partial charge in [-0.2, -0.15) is 0 Å². The van der Waals surface area contributed by atoms with Gasteiger partial charge in [-0.3, -0.25) is 4.90 Å². The second-order valence-electron chi connectivity index (χ2n) is 5.01. The van der Waals surface area contributed by atoms with Crippen molar-refractivity contribution < 1.29 is 8.78 Å². The molecule has 0 radical (unpaired) electrons. The normalized spacial score (nSPS) is 17.2. The molecule has 0 amide bonds. The fourth-order valence-corrected chi connectivity index (χ4v) is 2.54. The van der Waals surface area contributed by atoms with Gasteiger partial charge >= 0.3 is 0 Å². The minimum atomic E-state index is -0.364. The molecule has 0 aliphatic carbocycles. The van der Waals surface area contributed by atoms with Crippen molar-refractivity contribution in [3.63, 3.8) is 0 Å². The van der Waals surface area contributed by atoms with E-state index in [9.17, 15) is 8.78 Å². The van der Waals surface area contributed by atoms with Crippen LogP contribution in [0.1, 0.15) is 18.4 Å². The van der Waals surface area contributed by atoms with Crippen LogP contribution in [0.4, 0.5) is 8.78 Å². The highest BCUT2D eigenvalue weighted by molar-refractivity contribution is 5.85. The van der Waals surface area contributed by atoms with Crippen LogP contribution in [0.5, 0.6) is 0 Å². The summed E-state index contributed by atoms with van der Waals surface area (Å²) >= 11 is 0. The van der Waals surface area contributed by atoms with Gasteiger partial charge in [0.1, 0.15) is 11.6 Å². The van der Waals surface area contributed by atoms with Crippen LogP contribution in [-0.2, 0) is 6.54 Å². The van der Waals surface area contributed by atoms with Gasteiger partial charge in [-0.25, -0.2) is 8.78 Å². The number of hydrogen-bond donors (Lipinski definition) is 1. The fraction of sp³-hybridized carbons (Fsp3) is 0.571. The van der Waals surface area contributed by atoms with Crippen molar-refractivity contribution in [3.05, 3.63) is 35.4 Å². The van der Waals surface area contributed by atoms with Gasteiger partial charge in [-0.1, -0.05) is 0 Å². The second-order valence-corrected chi connectivity index (χ2v) is 5.01. The quantitative estimate of drug-likeness (QED) is 0.917. The first-order valence-corrected chi connectivity index (χ1v) is 6.50. The zero-order valence-electron chi connectivity index (χ0n) is 11.2. The number of nitrogens with zero attached hydrogens (tertiary/aromatic N) is 1. The van der Waals surface area contributed by atoms with Gasteiger partial charge in [-0.05, 0) is 63.6 Å². The molecule has 1 aromatic carbocycles. The average Bonchev–Trinajstić information content (AvgIpc) is 2.37. The predicted molar refractivity (Wildman–Crippen MR) is 75.5 cm³/mol. The minimum absolute atomic E-state index is 0. The Morgan fingerprint density at radius 2 is 1.95 bits per heavy atom. The molecule has 1 fully saturated rings. The van der Waals surface area contributed by atoms with Crippen LogP contribution in [0.25, 0.3) is 0 Å². The monoisotopic (exact) mass is 290 g/mol. The third-order valence-corrected chi connectivity index (χ3v) is 3.60. The van der Waals surface area contributed by atoms with Crippen molar-refractivity contribution in [1.82, 2.24) is 10.2 Å². The molecule has 0 atom stereocenters. The summed E-state index contributed by atoms with van der Waals surface area (Å²) in [6, 6.07) is 3.67. The lowest BCUT2D eigenvalue weighted by Crippen LogP contribution is -2.36. The lowest BCUT2D eigenvalue weighted by atomic mass is 9.96. The molecule has 1 aromatic rings. The molecule has 1 aliphatic rings. The summed E-state index contributed by atoms with van der Waals surface area (Å²) in [4.78, 5) is 2.20. The maximum absolute atomic E-state index is 13.5. The molecule has 1 heterocycles. The largest absolute Gasteiger partial charge is 0.319 e. The number of piperidine rings is 1. The Hall–Kier alpha value is -0.710. The number of hydrogen-bond acceptors (Lipinski definition) is 2. The van der Waals surface area contributed by atoms with E-state index in [4.69, 9.17) is 0 Å². The van der Waals surface area contributed by atoms with Gasteiger partial charge in [-0.15, -0.1) is 12.4 Å². The van der Waals surface area contributed by atoms with Crippen LogP contribution in [0, 0.1) is 17.6 Å². The number of halogens is 3. The molecule has 1 saturated heterocycles. The van der Waals surface area contributed by atoms with Crippen LogP contribution in [0.15, 0.2) is 18.2 Å². The molecule has 0 aromatic heterocycles. The molecular formula is C14H21ClF2N2. The van der Waals surface area contributed by atoms with Crippen LogP contribution < -0.4 is 5.32 Å². The van der Waals surface area contributed by atoms with E-state index in [-0.39, 0.29) is 24.0 Å². The van der Waals surface area contributed by atoms with Crippen molar-refractivity contribution in [2.75, 3.05) is 26.7 Å². The average molecular weight is 291 g/mol. The molecule has 1 aliphatic heterocycles. The third-order valence-electron chi connectivity index (χ3n) is 3.60. The molecule has 1 N–H and O–H groups in total. The smallest absolute Gasteiger partial charge is 0.127 e. The summed E-state index contributed by atoms with van der Waals surface area (Å²) in [5.74, 6) is 0.0359. The summed E-state index contributed by atoms with van der Waals surface area (Å²) in [6.07, 6.45) is 2.25. The van der Waals surface area contributed by atoms with Crippen molar-refractivity contribution in [3.8, 4) is 0 Å². The van der Waals surface area contributed by atoms with E-state index in [1.165, 1.54) is 12.1 Å². The number of benzene rings is 1. The Kier molecular flexibility index (Phi) is 6.69.